The molecule has 6 aliphatic carbocycles. The Morgan fingerprint density at radius 3 is 1.52 bits per heavy atom. The molecule has 3 nitrogen and oxygen atoms in total. The summed E-state index contributed by atoms with van der Waals surface area (Å²) in [6.07, 6.45) is 4.84. The Balaban J connectivity index is 1.74. The van der Waals surface area contributed by atoms with Crippen LogP contribution in [0.4, 0.5) is 17.6 Å². The molecule has 0 unspecified atom stereocenters. The second-order valence-electron chi connectivity index (χ2n) is 9.17. The highest BCUT2D eigenvalue weighted by Crippen LogP contribution is 2.81. The lowest BCUT2D eigenvalue weighted by Crippen LogP contribution is -2.68. The van der Waals surface area contributed by atoms with Gasteiger partial charge in [-0.05, 0) is 35.8 Å². The molecule has 156 valence electrons. The van der Waals surface area contributed by atoms with E-state index in [2.05, 4.69) is 0 Å². The van der Waals surface area contributed by atoms with Crippen molar-refractivity contribution in [1.82, 2.24) is 0 Å². The van der Waals surface area contributed by atoms with Crippen molar-refractivity contribution in [3.8, 4) is 0 Å². The topological polar surface area (TPSA) is 43.4 Å². The zero-order valence-corrected chi connectivity index (χ0v) is 15.9. The van der Waals surface area contributed by atoms with Crippen LogP contribution in [-0.2, 0) is 14.3 Å². The fourth-order valence-corrected chi connectivity index (χ4v) is 7.75. The van der Waals surface area contributed by atoms with E-state index in [1.165, 1.54) is 0 Å². The van der Waals surface area contributed by atoms with E-state index in [0.717, 1.165) is 0 Å². The van der Waals surface area contributed by atoms with E-state index in [9.17, 15) is 18.4 Å². The van der Waals surface area contributed by atoms with Gasteiger partial charge in [0.15, 0.2) is 23.3 Å². The molecule has 0 spiro atoms. The molecule has 9 rings (SSSR count). The van der Waals surface area contributed by atoms with Crippen molar-refractivity contribution in [3.05, 3.63) is 81.9 Å². The van der Waals surface area contributed by atoms with Gasteiger partial charge < -0.3 is 4.74 Å². The Hall–Kier alpha value is -2.96. The number of fused-ring (bicyclic) bond motifs is 1. The third-order valence-electron chi connectivity index (χ3n) is 8.53. The number of ether oxygens (including phenoxy) is 1. The number of esters is 2. The minimum Gasteiger partial charge on any atom is -0.392 e. The van der Waals surface area contributed by atoms with Crippen molar-refractivity contribution in [2.75, 3.05) is 0 Å². The average molecular weight is 426 g/mol. The van der Waals surface area contributed by atoms with Gasteiger partial charge >= 0.3 is 11.9 Å². The average Bonchev–Trinajstić information content (AvgIpc) is 3.07. The second kappa shape index (κ2) is 5.09. The minimum absolute atomic E-state index is 0.358. The number of benzene rings is 2. The predicted molar refractivity (Wildman–Crippen MR) is 97.7 cm³/mol. The van der Waals surface area contributed by atoms with E-state index in [0.29, 0.717) is 24.0 Å². The molecule has 7 heteroatoms. The van der Waals surface area contributed by atoms with Gasteiger partial charge in [0.1, 0.15) is 10.8 Å². The van der Waals surface area contributed by atoms with Crippen molar-refractivity contribution in [1.29, 1.82) is 0 Å². The molecule has 2 aromatic carbocycles. The standard InChI is InChI=1S/C24H14F4O3/c25-17-13-14(18(26)20(28)19(17)27)16-12-4-2-1-3-11(12)15(13)23-9-5-7-10(8-6-9)24(16,23)22(30)31-21(23)29/h1-5,7,9-10,15-16H,6,8H2/t9-,10+,15+,16-,23-,24-/m0/s1. The van der Waals surface area contributed by atoms with E-state index >= 15 is 8.78 Å². The lowest BCUT2D eigenvalue weighted by atomic mass is 9.31. The molecule has 1 heterocycles. The number of halogens is 4. The number of cyclic esters (lactones) is 2. The van der Waals surface area contributed by atoms with Crippen LogP contribution in [0, 0.1) is 45.9 Å². The molecule has 0 amide bonds. The Morgan fingerprint density at radius 2 is 1.13 bits per heavy atom. The molecule has 0 N–H and O–H groups in total. The summed E-state index contributed by atoms with van der Waals surface area (Å²) in [5.41, 5.74) is -2.66. The van der Waals surface area contributed by atoms with Crippen LogP contribution in [0.3, 0.4) is 0 Å². The smallest absolute Gasteiger partial charge is 0.322 e. The normalized spacial score (nSPS) is 37.9. The summed E-state index contributed by atoms with van der Waals surface area (Å²) in [6, 6.07) is 6.78. The van der Waals surface area contributed by atoms with Crippen LogP contribution in [0.15, 0.2) is 36.4 Å². The Morgan fingerprint density at radius 1 is 0.710 bits per heavy atom. The molecule has 0 aromatic heterocycles. The van der Waals surface area contributed by atoms with Gasteiger partial charge in [0.05, 0.1) is 0 Å². The number of allylic oxidation sites excluding steroid dienone is 2. The zero-order valence-electron chi connectivity index (χ0n) is 15.9. The largest absolute Gasteiger partial charge is 0.392 e. The van der Waals surface area contributed by atoms with Crippen molar-refractivity contribution in [2.45, 2.75) is 24.7 Å². The minimum atomic E-state index is -1.91. The third kappa shape index (κ3) is 1.48. The van der Waals surface area contributed by atoms with Crippen LogP contribution < -0.4 is 0 Å². The number of rotatable bonds is 0. The number of hydrogen-bond donors (Lipinski definition) is 0. The fourth-order valence-electron chi connectivity index (χ4n) is 7.75. The van der Waals surface area contributed by atoms with Crippen LogP contribution >= 0.6 is 0 Å². The first-order chi connectivity index (χ1) is 14.9. The molecule has 1 saturated heterocycles. The highest BCUT2D eigenvalue weighted by molar-refractivity contribution is 6.07. The fraction of sp³-hybridized carbons (Fsp3) is 0.333. The van der Waals surface area contributed by atoms with Crippen molar-refractivity contribution in [2.24, 2.45) is 22.7 Å². The lowest BCUT2D eigenvalue weighted by Gasteiger charge is -2.66. The van der Waals surface area contributed by atoms with Crippen molar-refractivity contribution in [3.63, 3.8) is 0 Å². The SMILES string of the molecule is O=C1OC(=O)[C@]23[C@@H]4c5ccccc5[C@@H](c5c(F)c(F)c(F)c(F)c54)[C@@]12[C@@H]1C=C[C@H]3CC1. The quantitative estimate of drug-likeness (QED) is 0.156. The van der Waals surface area contributed by atoms with Gasteiger partial charge in [0.2, 0.25) is 0 Å². The number of hydrogen-bond acceptors (Lipinski definition) is 3. The number of carbonyl (C=O) groups excluding carboxylic acids is 2. The second-order valence-corrected chi connectivity index (χ2v) is 9.17. The van der Waals surface area contributed by atoms with Gasteiger partial charge in [0, 0.05) is 23.0 Å². The molecule has 2 fully saturated rings. The van der Waals surface area contributed by atoms with Gasteiger partial charge in [-0.3, -0.25) is 9.59 Å². The van der Waals surface area contributed by atoms with E-state index < -0.39 is 69.7 Å². The Bertz CT molecular complexity index is 1200. The molecule has 0 radical (unpaired) electrons. The monoisotopic (exact) mass is 426 g/mol. The summed E-state index contributed by atoms with van der Waals surface area (Å²) in [4.78, 5) is 26.9. The molecular formula is C24H14F4O3. The maximum Gasteiger partial charge on any atom is 0.322 e. The van der Waals surface area contributed by atoms with Crippen LogP contribution in [0.1, 0.15) is 46.9 Å². The molecule has 1 saturated carbocycles. The van der Waals surface area contributed by atoms with Crippen LogP contribution in [0.2, 0.25) is 0 Å². The molecule has 2 aromatic rings. The Kier molecular flexibility index (Phi) is 2.90. The number of carbonyl (C=O) groups is 2. The predicted octanol–water partition coefficient (Wildman–Crippen LogP) is 4.49. The molecule has 1 aliphatic heterocycles. The summed E-state index contributed by atoms with van der Waals surface area (Å²) in [5.74, 6) is -11.6. The van der Waals surface area contributed by atoms with E-state index in [4.69, 9.17) is 4.74 Å². The highest BCUT2D eigenvalue weighted by atomic mass is 19.2. The maximum absolute atomic E-state index is 15.3. The lowest BCUT2D eigenvalue weighted by molar-refractivity contribution is -0.161. The molecule has 6 atom stereocenters. The zero-order chi connectivity index (χ0) is 21.4. The van der Waals surface area contributed by atoms with Gasteiger partial charge in [-0.15, -0.1) is 0 Å². The first-order valence-electron chi connectivity index (χ1n) is 10.3. The first kappa shape index (κ1) is 17.7. The van der Waals surface area contributed by atoms with Crippen molar-refractivity contribution >= 4 is 11.9 Å². The highest BCUT2D eigenvalue weighted by Gasteiger charge is 2.85. The summed E-state index contributed by atoms with van der Waals surface area (Å²) in [7, 11) is 0. The summed E-state index contributed by atoms with van der Waals surface area (Å²) < 4.78 is 64.7. The van der Waals surface area contributed by atoms with E-state index in [1.54, 1.807) is 24.3 Å². The van der Waals surface area contributed by atoms with Crippen LogP contribution in [0.25, 0.3) is 0 Å². The molecule has 4 bridgehead atoms. The van der Waals surface area contributed by atoms with Crippen LogP contribution in [-0.4, -0.2) is 11.9 Å². The van der Waals surface area contributed by atoms with E-state index in [1.807, 2.05) is 12.2 Å². The molecule has 7 aliphatic rings. The first-order valence-corrected chi connectivity index (χ1v) is 10.3. The molecule has 31 heavy (non-hydrogen) atoms. The van der Waals surface area contributed by atoms with Crippen molar-refractivity contribution < 1.29 is 31.9 Å². The summed E-state index contributed by atoms with van der Waals surface area (Å²) in [6.45, 7) is 0. The summed E-state index contributed by atoms with van der Waals surface area (Å²) >= 11 is 0. The summed E-state index contributed by atoms with van der Waals surface area (Å²) in [5, 5.41) is 0. The molecular weight excluding hydrogens is 412 g/mol. The van der Waals surface area contributed by atoms with Gasteiger partial charge in [-0.25, -0.2) is 17.6 Å². The third-order valence-corrected chi connectivity index (χ3v) is 8.53. The maximum atomic E-state index is 15.3. The van der Waals surface area contributed by atoms with Gasteiger partial charge in [-0.2, -0.15) is 0 Å². The van der Waals surface area contributed by atoms with E-state index in [-0.39, 0.29) is 11.1 Å². The van der Waals surface area contributed by atoms with Gasteiger partial charge in [-0.1, -0.05) is 36.4 Å². The van der Waals surface area contributed by atoms with Gasteiger partial charge in [0.25, 0.3) is 0 Å². The van der Waals surface area contributed by atoms with Crippen LogP contribution in [0.5, 0.6) is 0 Å². The Labute approximate surface area is 173 Å².